The van der Waals surface area contributed by atoms with Crippen molar-refractivity contribution in [3.8, 4) is 0 Å². The van der Waals surface area contributed by atoms with Crippen LogP contribution in [-0.2, 0) is 11.3 Å². The molecule has 5 heteroatoms. The number of thiophene rings is 1. The second-order valence-electron chi connectivity index (χ2n) is 3.96. The Morgan fingerprint density at radius 2 is 2.38 bits per heavy atom. The van der Waals surface area contributed by atoms with Gasteiger partial charge in [-0.3, -0.25) is 0 Å². The van der Waals surface area contributed by atoms with Gasteiger partial charge in [-0.15, -0.1) is 11.3 Å². The van der Waals surface area contributed by atoms with Crippen molar-refractivity contribution in [1.29, 1.82) is 0 Å². The second kappa shape index (κ2) is 5.83. The van der Waals surface area contributed by atoms with Crippen molar-refractivity contribution in [3.05, 3.63) is 19.8 Å². The zero-order valence-corrected chi connectivity index (χ0v) is 12.3. The highest BCUT2D eigenvalue weighted by atomic mass is 79.9. The van der Waals surface area contributed by atoms with Crippen LogP contribution in [0.15, 0.2) is 10.5 Å². The predicted molar refractivity (Wildman–Crippen MR) is 72.3 cm³/mol. The first-order chi connectivity index (χ1) is 7.69. The molecule has 0 radical (unpaired) electrons. The van der Waals surface area contributed by atoms with E-state index in [2.05, 4.69) is 27.3 Å². The second-order valence-corrected chi connectivity index (χ2v) is 6.55. The maximum Gasteiger partial charge on any atom is 0.107 e. The molecule has 0 amide bonds. The minimum atomic E-state index is 0.473. The molecule has 2 nitrogen and oxygen atoms in total. The maximum absolute atomic E-state index is 5.98. The first kappa shape index (κ1) is 12.8. The summed E-state index contributed by atoms with van der Waals surface area (Å²) in [6, 6.07) is 2.69. The molecule has 0 spiro atoms. The molecule has 1 aromatic heterocycles. The van der Waals surface area contributed by atoms with Gasteiger partial charge >= 0.3 is 0 Å². The lowest BCUT2D eigenvalue weighted by molar-refractivity contribution is -0.0101. The summed E-state index contributed by atoms with van der Waals surface area (Å²) in [4.78, 5) is 1.27. The molecule has 2 rings (SSSR count). The van der Waals surface area contributed by atoms with Crippen molar-refractivity contribution in [2.75, 3.05) is 6.61 Å². The Balaban J connectivity index is 1.69. The van der Waals surface area contributed by atoms with E-state index in [-0.39, 0.29) is 0 Å². The van der Waals surface area contributed by atoms with Crippen LogP contribution < -0.4 is 5.32 Å². The van der Waals surface area contributed by atoms with Gasteiger partial charge in [0.15, 0.2) is 0 Å². The van der Waals surface area contributed by atoms with Gasteiger partial charge in [0.25, 0.3) is 0 Å². The number of nitrogens with one attached hydrogen (secondary N) is 1. The van der Waals surface area contributed by atoms with Gasteiger partial charge in [-0.1, -0.05) is 11.6 Å². The van der Waals surface area contributed by atoms with Crippen LogP contribution >= 0.6 is 38.9 Å². The summed E-state index contributed by atoms with van der Waals surface area (Å²) in [6.07, 6.45) is 2.74. The number of hydrogen-bond donors (Lipinski definition) is 1. The summed E-state index contributed by atoms with van der Waals surface area (Å²) in [6.45, 7) is 3.77. The van der Waals surface area contributed by atoms with E-state index in [0.717, 1.165) is 34.8 Å². The lowest BCUT2D eigenvalue weighted by Gasteiger charge is -2.35. The van der Waals surface area contributed by atoms with Gasteiger partial charge in [0.2, 0.25) is 0 Å². The highest BCUT2D eigenvalue weighted by Gasteiger charge is 2.28. The third-order valence-corrected chi connectivity index (χ3v) is 5.23. The molecular formula is C11H15BrClNOS. The molecule has 1 aliphatic carbocycles. The molecule has 0 unspecified atom stereocenters. The average Bonchev–Trinajstić information content (AvgIpc) is 2.50. The maximum atomic E-state index is 5.98. The molecule has 1 fully saturated rings. The smallest absolute Gasteiger partial charge is 0.107 e. The van der Waals surface area contributed by atoms with Crippen molar-refractivity contribution in [2.45, 2.75) is 38.5 Å². The standard InChI is InChI=1S/C11H15BrClNOS/c1-2-15-8-3-7(4-8)14-6-9-5-10(12)11(13)16-9/h5,7-8,14H,2-4,6H2,1H3. The van der Waals surface area contributed by atoms with Gasteiger partial charge in [-0.2, -0.15) is 0 Å². The zero-order chi connectivity index (χ0) is 11.5. The fourth-order valence-electron chi connectivity index (χ4n) is 1.83. The molecule has 90 valence electrons. The van der Waals surface area contributed by atoms with Gasteiger partial charge in [0, 0.05) is 28.5 Å². The Hall–Kier alpha value is 0.390. The van der Waals surface area contributed by atoms with Gasteiger partial charge in [0.1, 0.15) is 4.34 Å². The fourth-order valence-corrected chi connectivity index (χ4v) is 3.57. The molecule has 0 atom stereocenters. The largest absolute Gasteiger partial charge is 0.378 e. The molecule has 0 saturated heterocycles. The summed E-state index contributed by atoms with van der Waals surface area (Å²) in [5.41, 5.74) is 0. The quantitative estimate of drug-likeness (QED) is 0.889. The third-order valence-electron chi connectivity index (χ3n) is 2.76. The first-order valence-corrected chi connectivity index (χ1v) is 7.46. The Kier molecular flexibility index (Phi) is 4.67. The molecule has 0 bridgehead atoms. The summed E-state index contributed by atoms with van der Waals surface area (Å²) in [5, 5.41) is 3.52. The molecule has 1 aliphatic rings. The van der Waals surface area contributed by atoms with Gasteiger partial charge in [-0.05, 0) is 41.8 Å². The first-order valence-electron chi connectivity index (χ1n) is 5.47. The van der Waals surface area contributed by atoms with E-state index < -0.39 is 0 Å². The van der Waals surface area contributed by atoms with Crippen molar-refractivity contribution in [1.82, 2.24) is 5.32 Å². The Labute approximate surface area is 113 Å². The van der Waals surface area contributed by atoms with E-state index in [0.29, 0.717) is 12.1 Å². The van der Waals surface area contributed by atoms with Crippen LogP contribution in [0, 0.1) is 0 Å². The summed E-state index contributed by atoms with van der Waals surface area (Å²) >= 11 is 11.0. The fraction of sp³-hybridized carbons (Fsp3) is 0.636. The Bertz CT molecular complexity index is 332. The molecule has 1 saturated carbocycles. The van der Waals surface area contributed by atoms with E-state index in [9.17, 15) is 0 Å². The highest BCUT2D eigenvalue weighted by molar-refractivity contribution is 9.10. The van der Waals surface area contributed by atoms with E-state index in [1.807, 2.05) is 6.92 Å². The molecule has 16 heavy (non-hydrogen) atoms. The number of rotatable bonds is 5. The lowest BCUT2D eigenvalue weighted by atomic mass is 9.89. The van der Waals surface area contributed by atoms with Crippen LogP contribution in [0.1, 0.15) is 24.6 Å². The summed E-state index contributed by atoms with van der Waals surface area (Å²) < 4.78 is 7.35. The number of halogens is 2. The van der Waals surface area contributed by atoms with Crippen LogP contribution in [-0.4, -0.2) is 18.8 Å². The molecule has 0 aromatic carbocycles. The lowest BCUT2D eigenvalue weighted by Crippen LogP contribution is -2.44. The molecule has 0 aliphatic heterocycles. The monoisotopic (exact) mass is 323 g/mol. The van der Waals surface area contributed by atoms with E-state index in [1.165, 1.54) is 4.88 Å². The van der Waals surface area contributed by atoms with Crippen molar-refractivity contribution >= 4 is 38.9 Å². The minimum absolute atomic E-state index is 0.473. The molecular weight excluding hydrogens is 310 g/mol. The Morgan fingerprint density at radius 3 is 2.94 bits per heavy atom. The molecule has 1 aromatic rings. The SMILES string of the molecule is CCOC1CC(NCc2cc(Br)c(Cl)s2)C1. The van der Waals surface area contributed by atoms with Gasteiger partial charge in [-0.25, -0.2) is 0 Å². The topological polar surface area (TPSA) is 21.3 Å². The predicted octanol–water partition coefficient (Wildman–Crippen LogP) is 3.82. The average molecular weight is 325 g/mol. The number of hydrogen-bond acceptors (Lipinski definition) is 3. The Morgan fingerprint density at radius 1 is 1.62 bits per heavy atom. The van der Waals surface area contributed by atoms with E-state index in [4.69, 9.17) is 16.3 Å². The van der Waals surface area contributed by atoms with Crippen LogP contribution in [0.2, 0.25) is 4.34 Å². The van der Waals surface area contributed by atoms with E-state index >= 15 is 0 Å². The summed E-state index contributed by atoms with van der Waals surface area (Å²) in [5.74, 6) is 0. The summed E-state index contributed by atoms with van der Waals surface area (Å²) in [7, 11) is 0. The van der Waals surface area contributed by atoms with Gasteiger partial charge < -0.3 is 10.1 Å². The zero-order valence-electron chi connectivity index (χ0n) is 9.13. The van der Waals surface area contributed by atoms with Crippen LogP contribution in [0.25, 0.3) is 0 Å². The van der Waals surface area contributed by atoms with Crippen LogP contribution in [0.5, 0.6) is 0 Å². The van der Waals surface area contributed by atoms with Crippen molar-refractivity contribution in [2.24, 2.45) is 0 Å². The molecule has 1 N–H and O–H groups in total. The van der Waals surface area contributed by atoms with Crippen LogP contribution in [0.3, 0.4) is 0 Å². The van der Waals surface area contributed by atoms with Gasteiger partial charge in [0.05, 0.1) is 6.10 Å². The normalized spacial score (nSPS) is 24.4. The molecule has 1 heterocycles. The third kappa shape index (κ3) is 3.20. The highest BCUT2D eigenvalue weighted by Crippen LogP contribution is 2.32. The van der Waals surface area contributed by atoms with Crippen molar-refractivity contribution in [3.63, 3.8) is 0 Å². The van der Waals surface area contributed by atoms with Crippen molar-refractivity contribution < 1.29 is 4.74 Å². The minimum Gasteiger partial charge on any atom is -0.378 e. The van der Waals surface area contributed by atoms with Crippen LogP contribution in [0.4, 0.5) is 0 Å². The number of ether oxygens (including phenoxy) is 1. The van der Waals surface area contributed by atoms with E-state index in [1.54, 1.807) is 11.3 Å².